The van der Waals surface area contributed by atoms with Gasteiger partial charge in [-0.3, -0.25) is 0 Å². The van der Waals surface area contributed by atoms with Crippen molar-refractivity contribution in [2.24, 2.45) is 0 Å². The average Bonchev–Trinajstić information content (AvgIpc) is 2.87. The highest BCUT2D eigenvalue weighted by Crippen LogP contribution is 2.67. The average molecular weight is 547 g/mol. The summed E-state index contributed by atoms with van der Waals surface area (Å²) < 4.78 is 0. The van der Waals surface area contributed by atoms with E-state index in [9.17, 15) is 0 Å². The molecule has 0 nitrogen and oxygen atoms in total. The summed E-state index contributed by atoms with van der Waals surface area (Å²) in [7, 11) is -0.807. The number of halogens is 1. The van der Waals surface area contributed by atoms with Gasteiger partial charge in [-0.1, -0.05) is 137 Å². The Morgan fingerprint density at radius 3 is 0.944 bits per heavy atom. The molecular weight excluding hydrogens is 475 g/mol. The monoisotopic (exact) mass is 547 g/mol. The molecule has 0 heterocycles. The van der Waals surface area contributed by atoms with Crippen LogP contribution in [0.25, 0.3) is 0 Å². The van der Waals surface area contributed by atoms with Crippen LogP contribution in [0.1, 0.15) is 195 Å². The lowest BCUT2D eigenvalue weighted by Crippen LogP contribution is -3.00. The summed E-state index contributed by atoms with van der Waals surface area (Å²) in [6, 6.07) is 0. The van der Waals surface area contributed by atoms with Crippen LogP contribution in [0, 0.1) is 0 Å². The predicted octanol–water partition coefficient (Wildman–Crippen LogP) is 10.2. The van der Waals surface area contributed by atoms with Crippen molar-refractivity contribution in [1.29, 1.82) is 0 Å². The minimum absolute atomic E-state index is 0. The number of unbranched alkanes of at least 4 members (excludes halogenated alkanes) is 19. The maximum Gasteiger partial charge on any atom is 0.0695 e. The third kappa shape index (κ3) is 21.6. The largest absolute Gasteiger partial charge is 1.00 e. The van der Waals surface area contributed by atoms with Crippen LogP contribution in [0.2, 0.25) is 0 Å². The highest BCUT2D eigenvalue weighted by Gasteiger charge is 2.42. The van der Waals surface area contributed by atoms with Gasteiger partial charge in [0.1, 0.15) is 0 Å². The third-order valence-corrected chi connectivity index (χ3v) is 14.6. The maximum absolute atomic E-state index is 2.56. The van der Waals surface area contributed by atoms with Crippen LogP contribution in [0.3, 0.4) is 0 Å². The van der Waals surface area contributed by atoms with Gasteiger partial charge in [-0.2, -0.15) is 0 Å². The van der Waals surface area contributed by atoms with Gasteiger partial charge in [0.2, 0.25) is 0 Å². The van der Waals surface area contributed by atoms with E-state index in [-0.39, 0.29) is 12.4 Å². The molecule has 0 aromatic heterocycles. The van der Waals surface area contributed by atoms with E-state index in [1.807, 2.05) is 0 Å². The molecule has 0 N–H and O–H groups in total. The SMILES string of the molecule is CCCCCCCCCCCCCC(CC)[P+](CCCCCC)(CCCCCC)CCCCCC.[Cl-]. The molecule has 0 saturated heterocycles. The molecule has 0 amide bonds. The van der Waals surface area contributed by atoms with E-state index >= 15 is 0 Å². The van der Waals surface area contributed by atoms with Gasteiger partial charge < -0.3 is 12.4 Å². The molecule has 0 aliphatic rings. The van der Waals surface area contributed by atoms with Crippen LogP contribution >= 0.6 is 7.26 Å². The second kappa shape index (κ2) is 30.3. The Hall–Kier alpha value is 0.720. The van der Waals surface area contributed by atoms with Crippen molar-refractivity contribution >= 4 is 7.26 Å². The van der Waals surface area contributed by atoms with Crippen LogP contribution in [-0.2, 0) is 0 Å². The summed E-state index contributed by atoms with van der Waals surface area (Å²) in [5, 5.41) is 0. The third-order valence-electron chi connectivity index (χ3n) is 8.76. The first-order valence-electron chi connectivity index (χ1n) is 17.1. The Morgan fingerprint density at radius 2 is 0.639 bits per heavy atom. The summed E-state index contributed by atoms with van der Waals surface area (Å²) >= 11 is 0. The Labute approximate surface area is 238 Å². The molecule has 0 bridgehead atoms. The van der Waals surface area contributed by atoms with Gasteiger partial charge in [0.05, 0.1) is 24.1 Å². The molecule has 0 spiro atoms. The van der Waals surface area contributed by atoms with Crippen molar-refractivity contribution in [2.45, 2.75) is 201 Å². The molecule has 220 valence electrons. The Bertz CT molecular complexity index is 365. The molecule has 1 atom stereocenters. The molecule has 0 radical (unpaired) electrons. The molecular formula is C34H72ClP. The van der Waals surface area contributed by atoms with E-state index < -0.39 is 7.26 Å². The fourth-order valence-electron chi connectivity index (χ4n) is 6.35. The van der Waals surface area contributed by atoms with Gasteiger partial charge in [-0.25, -0.2) is 0 Å². The maximum atomic E-state index is 2.56. The molecule has 0 aromatic carbocycles. The number of rotatable bonds is 29. The minimum atomic E-state index is -0.807. The van der Waals surface area contributed by atoms with Crippen molar-refractivity contribution in [3.63, 3.8) is 0 Å². The Kier molecular flexibility index (Phi) is 32.7. The summed E-state index contributed by atoms with van der Waals surface area (Å²) in [6.45, 7) is 12.0. The summed E-state index contributed by atoms with van der Waals surface area (Å²) in [5.74, 6) is 0. The Morgan fingerprint density at radius 1 is 0.361 bits per heavy atom. The van der Waals surface area contributed by atoms with Crippen LogP contribution in [-0.4, -0.2) is 24.1 Å². The molecule has 0 fully saturated rings. The zero-order chi connectivity index (χ0) is 25.9. The normalized spacial score (nSPS) is 12.6. The quantitative estimate of drug-likeness (QED) is 0.0646. The van der Waals surface area contributed by atoms with Crippen molar-refractivity contribution in [3.05, 3.63) is 0 Å². The highest BCUT2D eigenvalue weighted by molar-refractivity contribution is 7.76. The number of hydrogen-bond acceptors (Lipinski definition) is 0. The molecule has 0 rings (SSSR count). The van der Waals surface area contributed by atoms with Crippen LogP contribution in [0.5, 0.6) is 0 Å². The fourth-order valence-corrected chi connectivity index (χ4v) is 12.2. The van der Waals surface area contributed by atoms with Gasteiger partial charge in [0.15, 0.2) is 0 Å². The van der Waals surface area contributed by atoms with Crippen LogP contribution in [0.15, 0.2) is 0 Å². The molecule has 1 unspecified atom stereocenters. The minimum Gasteiger partial charge on any atom is -1.00 e. The Balaban J connectivity index is 0. The number of hydrogen-bond donors (Lipinski definition) is 0. The first kappa shape index (κ1) is 38.9. The van der Waals surface area contributed by atoms with Gasteiger partial charge in [-0.05, 0) is 57.8 Å². The summed E-state index contributed by atoms with van der Waals surface area (Å²) in [6.07, 6.45) is 41.9. The van der Waals surface area contributed by atoms with E-state index in [0.717, 1.165) is 5.66 Å². The predicted molar refractivity (Wildman–Crippen MR) is 169 cm³/mol. The van der Waals surface area contributed by atoms with Crippen LogP contribution in [0.4, 0.5) is 0 Å². The summed E-state index contributed by atoms with van der Waals surface area (Å²) in [5.41, 5.74) is 1.09. The smallest absolute Gasteiger partial charge is 0.0695 e. The first-order chi connectivity index (χ1) is 17.2. The zero-order valence-electron chi connectivity index (χ0n) is 26.2. The lowest BCUT2D eigenvalue weighted by Gasteiger charge is -2.35. The molecule has 2 heteroatoms. The second-order valence-corrected chi connectivity index (χ2v) is 16.5. The first-order valence-corrected chi connectivity index (χ1v) is 19.5. The molecule has 36 heavy (non-hydrogen) atoms. The van der Waals surface area contributed by atoms with E-state index in [2.05, 4.69) is 34.6 Å². The van der Waals surface area contributed by atoms with Gasteiger partial charge in [0, 0.05) is 7.26 Å². The zero-order valence-corrected chi connectivity index (χ0v) is 27.9. The van der Waals surface area contributed by atoms with E-state index in [1.54, 1.807) is 24.9 Å². The van der Waals surface area contributed by atoms with Gasteiger partial charge >= 0.3 is 0 Å². The molecule has 0 aromatic rings. The molecule has 0 saturated carbocycles. The van der Waals surface area contributed by atoms with E-state index in [1.165, 1.54) is 154 Å². The fraction of sp³-hybridized carbons (Fsp3) is 1.00. The standard InChI is InChI=1S/C34H72P.ClH/c1-6-11-15-19-20-21-22-23-24-25-26-30-34(10-5)35(31-27-16-12-7-2,32-28-17-13-8-3)33-29-18-14-9-4;/h34H,6-33H2,1-5H3;1H/q+1;/p-1. The second-order valence-electron chi connectivity index (χ2n) is 12.0. The lowest BCUT2D eigenvalue weighted by atomic mass is 10.0. The van der Waals surface area contributed by atoms with Gasteiger partial charge in [-0.15, -0.1) is 0 Å². The van der Waals surface area contributed by atoms with E-state index in [0.29, 0.717) is 0 Å². The van der Waals surface area contributed by atoms with Crippen molar-refractivity contribution in [1.82, 2.24) is 0 Å². The lowest BCUT2D eigenvalue weighted by molar-refractivity contribution is -0.00000800. The van der Waals surface area contributed by atoms with Crippen molar-refractivity contribution < 1.29 is 12.4 Å². The van der Waals surface area contributed by atoms with Crippen molar-refractivity contribution in [3.8, 4) is 0 Å². The van der Waals surface area contributed by atoms with Gasteiger partial charge in [0.25, 0.3) is 0 Å². The topological polar surface area (TPSA) is 0 Å². The van der Waals surface area contributed by atoms with Crippen molar-refractivity contribution in [2.75, 3.05) is 18.5 Å². The molecule has 0 aliphatic carbocycles. The van der Waals surface area contributed by atoms with E-state index in [4.69, 9.17) is 0 Å². The van der Waals surface area contributed by atoms with Crippen LogP contribution < -0.4 is 12.4 Å². The summed E-state index contributed by atoms with van der Waals surface area (Å²) in [4.78, 5) is 0. The molecule has 0 aliphatic heterocycles. The highest BCUT2D eigenvalue weighted by atomic mass is 35.5.